The molecule has 0 amide bonds. The monoisotopic (exact) mass is 233 g/mol. The molecular weight excluding hydrogens is 220 g/mol. The third-order valence-corrected chi connectivity index (χ3v) is 2.53. The lowest BCUT2D eigenvalue weighted by Gasteiger charge is -2.24. The van der Waals surface area contributed by atoms with Crippen LogP contribution < -0.4 is 10.8 Å². The number of hydrogen-bond acceptors (Lipinski definition) is 4. The van der Waals surface area contributed by atoms with Crippen LogP contribution in [0.3, 0.4) is 0 Å². The lowest BCUT2D eigenvalue weighted by atomic mass is 10.8. The zero-order chi connectivity index (χ0) is 10.6. The molecule has 0 saturated carbocycles. The summed E-state index contributed by atoms with van der Waals surface area (Å²) in [6, 6.07) is 0. The predicted octanol–water partition coefficient (Wildman–Crippen LogP) is -1.73. The van der Waals surface area contributed by atoms with Crippen molar-refractivity contribution < 1.29 is 23.8 Å². The highest BCUT2D eigenvalue weighted by atomic mass is 31.2. The van der Waals surface area contributed by atoms with Gasteiger partial charge in [-0.15, -0.1) is 0 Å². The van der Waals surface area contributed by atoms with E-state index in [1.54, 1.807) is 5.09 Å². The summed E-state index contributed by atoms with van der Waals surface area (Å²) >= 11 is 0. The number of nitrogens with two attached hydrogens (primary N) is 1. The summed E-state index contributed by atoms with van der Waals surface area (Å²) in [7, 11) is -5.77. The minimum absolute atomic E-state index is 0.223. The molecule has 0 heterocycles. The van der Waals surface area contributed by atoms with Gasteiger partial charge in [-0.25, -0.2) is 4.57 Å². The van der Waals surface area contributed by atoms with Crippen molar-refractivity contribution in [1.82, 2.24) is 9.99 Å². The van der Waals surface area contributed by atoms with Crippen LogP contribution in [-0.2, 0) is 9.13 Å². The molecule has 80 valence electrons. The van der Waals surface area contributed by atoms with E-state index in [0.29, 0.717) is 0 Å². The fourth-order valence-corrected chi connectivity index (χ4v) is 1.75. The maximum atomic E-state index is 10.4. The van der Waals surface area contributed by atoms with Crippen LogP contribution in [-0.4, -0.2) is 39.2 Å². The van der Waals surface area contributed by atoms with E-state index in [-0.39, 0.29) is 6.29 Å². The second kappa shape index (κ2) is 5.19. The van der Waals surface area contributed by atoms with Crippen molar-refractivity contribution in [3.63, 3.8) is 0 Å². The molecule has 0 fully saturated rings. The van der Waals surface area contributed by atoms with Crippen LogP contribution in [0.5, 0.6) is 0 Å². The quantitative estimate of drug-likeness (QED) is 0.279. The highest BCUT2D eigenvalue weighted by Gasteiger charge is 2.20. The number of nitrogens with one attached hydrogen (secondary N) is 1. The zero-order valence-corrected chi connectivity index (χ0v) is 8.81. The maximum absolute atomic E-state index is 10.4. The van der Waals surface area contributed by atoms with Crippen molar-refractivity contribution in [1.29, 1.82) is 0 Å². The van der Waals surface area contributed by atoms with Crippen LogP contribution in [0.1, 0.15) is 0 Å². The van der Waals surface area contributed by atoms with Gasteiger partial charge in [0.1, 0.15) is 6.29 Å². The molecule has 0 aliphatic heterocycles. The third kappa shape index (κ3) is 7.30. The first-order valence-electron chi connectivity index (χ1n) is 3.23. The van der Waals surface area contributed by atoms with Crippen LogP contribution >= 0.6 is 15.8 Å². The van der Waals surface area contributed by atoms with Crippen LogP contribution in [0.25, 0.3) is 0 Å². The van der Waals surface area contributed by atoms with E-state index in [4.69, 9.17) is 20.4 Å². The Hall–Kier alpha value is 0.220. The molecule has 0 aliphatic rings. The maximum Gasteiger partial charge on any atom is 0.402 e. The lowest BCUT2D eigenvalue weighted by Crippen LogP contribution is -2.48. The first-order chi connectivity index (χ1) is 5.72. The van der Waals surface area contributed by atoms with E-state index >= 15 is 0 Å². The third-order valence-electron chi connectivity index (χ3n) is 1.16. The van der Waals surface area contributed by atoms with Crippen LogP contribution in [0.2, 0.25) is 0 Å². The van der Waals surface area contributed by atoms with E-state index in [9.17, 15) is 9.13 Å². The van der Waals surface area contributed by atoms with Crippen molar-refractivity contribution in [3.05, 3.63) is 0 Å². The molecule has 0 aromatic rings. The standard InChI is InChI=1S/C3H13N3O5P2/c1-6(2-12(7)8)3(4)5-13(9,10)11/h3,12H,2,4H2,1H3,(H,7,8)(H3,5,9,10,11). The summed E-state index contributed by atoms with van der Waals surface area (Å²) in [5.41, 5.74) is 5.24. The topological polar surface area (TPSA) is 136 Å². The molecule has 0 spiro atoms. The number of nitrogens with zero attached hydrogens (tertiary/aromatic N) is 1. The molecule has 2 atom stereocenters. The molecule has 0 rings (SSSR count). The van der Waals surface area contributed by atoms with Gasteiger partial charge in [-0.05, 0) is 7.05 Å². The molecule has 0 aromatic heterocycles. The van der Waals surface area contributed by atoms with Gasteiger partial charge in [0.25, 0.3) is 0 Å². The minimum Gasteiger partial charge on any atom is -0.345 e. The van der Waals surface area contributed by atoms with E-state index in [1.165, 1.54) is 7.05 Å². The molecular formula is C3H13N3O5P2. The summed E-state index contributed by atoms with van der Waals surface area (Å²) in [6.45, 7) is 0. The van der Waals surface area contributed by atoms with Crippen LogP contribution in [0.4, 0.5) is 0 Å². The van der Waals surface area contributed by atoms with Gasteiger partial charge < -0.3 is 20.4 Å². The summed E-state index contributed by atoms with van der Waals surface area (Å²) in [6.07, 6.45) is -1.37. The molecule has 0 aromatic carbocycles. The SMILES string of the molecule is CN(C[PH](=O)O)C(N)NP(=O)(O)O. The molecule has 13 heavy (non-hydrogen) atoms. The fourth-order valence-electron chi connectivity index (χ4n) is 0.583. The van der Waals surface area contributed by atoms with E-state index in [0.717, 1.165) is 4.90 Å². The van der Waals surface area contributed by atoms with Gasteiger partial charge in [-0.3, -0.25) is 9.46 Å². The average Bonchev–Trinajstić information content (AvgIpc) is 1.81. The van der Waals surface area contributed by atoms with Crippen molar-refractivity contribution in [2.24, 2.45) is 5.73 Å². The second-order valence-corrected chi connectivity index (χ2v) is 4.88. The Morgan fingerprint density at radius 1 is 1.69 bits per heavy atom. The smallest absolute Gasteiger partial charge is 0.345 e. The van der Waals surface area contributed by atoms with Crippen molar-refractivity contribution in [2.75, 3.05) is 13.3 Å². The van der Waals surface area contributed by atoms with Gasteiger partial charge in [0.15, 0.2) is 0 Å². The Bertz CT molecular complexity index is 229. The van der Waals surface area contributed by atoms with Gasteiger partial charge in [0.2, 0.25) is 8.03 Å². The predicted molar refractivity (Wildman–Crippen MR) is 47.0 cm³/mol. The molecule has 10 heteroatoms. The Balaban J connectivity index is 4.04. The lowest BCUT2D eigenvalue weighted by molar-refractivity contribution is 0.240. The molecule has 0 radical (unpaired) electrons. The van der Waals surface area contributed by atoms with Gasteiger partial charge in [0, 0.05) is 0 Å². The highest BCUT2D eigenvalue weighted by molar-refractivity contribution is 7.49. The van der Waals surface area contributed by atoms with Gasteiger partial charge in [0.05, 0.1) is 6.29 Å². The molecule has 8 nitrogen and oxygen atoms in total. The fraction of sp³-hybridized carbons (Fsp3) is 1.00. The largest absolute Gasteiger partial charge is 0.402 e. The average molecular weight is 233 g/mol. The summed E-state index contributed by atoms with van der Waals surface area (Å²) in [4.78, 5) is 26.5. The second-order valence-electron chi connectivity index (χ2n) is 2.43. The van der Waals surface area contributed by atoms with Crippen molar-refractivity contribution >= 4 is 15.8 Å². The molecule has 0 aliphatic carbocycles. The summed E-state index contributed by atoms with van der Waals surface area (Å²) < 4.78 is 20.7. The Morgan fingerprint density at radius 2 is 2.15 bits per heavy atom. The van der Waals surface area contributed by atoms with E-state index in [1.807, 2.05) is 0 Å². The minimum atomic E-state index is -4.41. The number of rotatable bonds is 5. The zero-order valence-electron chi connectivity index (χ0n) is 6.91. The van der Waals surface area contributed by atoms with Gasteiger partial charge in [-0.2, -0.15) is 5.09 Å². The summed E-state index contributed by atoms with van der Waals surface area (Å²) in [5.74, 6) is 0. The van der Waals surface area contributed by atoms with E-state index in [2.05, 4.69) is 0 Å². The Labute approximate surface area is 75.8 Å². The first kappa shape index (κ1) is 13.2. The molecule has 0 saturated heterocycles. The Morgan fingerprint density at radius 3 is 2.46 bits per heavy atom. The van der Waals surface area contributed by atoms with E-state index < -0.39 is 22.1 Å². The van der Waals surface area contributed by atoms with Crippen molar-refractivity contribution in [2.45, 2.75) is 6.29 Å². The highest BCUT2D eigenvalue weighted by Crippen LogP contribution is 2.29. The van der Waals surface area contributed by atoms with Crippen molar-refractivity contribution in [3.8, 4) is 0 Å². The summed E-state index contributed by atoms with van der Waals surface area (Å²) in [5, 5.41) is 1.76. The van der Waals surface area contributed by atoms with Gasteiger partial charge >= 0.3 is 7.75 Å². The molecule has 2 unspecified atom stereocenters. The normalized spacial score (nSPS) is 17.4. The number of hydrogen-bond donors (Lipinski definition) is 5. The Kier molecular flexibility index (Phi) is 5.28. The van der Waals surface area contributed by atoms with Crippen LogP contribution in [0.15, 0.2) is 0 Å². The molecule has 6 N–H and O–H groups in total. The molecule has 0 bridgehead atoms. The first-order valence-corrected chi connectivity index (χ1v) is 6.41. The van der Waals surface area contributed by atoms with Crippen LogP contribution in [0, 0.1) is 0 Å². The van der Waals surface area contributed by atoms with Gasteiger partial charge in [-0.1, -0.05) is 0 Å².